The van der Waals surface area contributed by atoms with E-state index in [0.717, 1.165) is 16.6 Å². The van der Waals surface area contributed by atoms with Gasteiger partial charge in [-0.1, -0.05) is 12.1 Å². The molecule has 2 rings (SSSR count). The van der Waals surface area contributed by atoms with Gasteiger partial charge in [0.1, 0.15) is 0 Å². The number of amides is 1. The molecule has 1 aliphatic rings. The SMILES string of the molecule is CS(=O)(=O)N1CC(C(=O)Nc2ccccc2OC(F)(F)F)C1. The molecule has 1 fully saturated rings. The number of nitrogens with zero attached hydrogens (tertiary/aromatic N) is 1. The van der Waals surface area contributed by atoms with Crippen molar-refractivity contribution in [1.82, 2.24) is 4.31 Å². The van der Waals surface area contributed by atoms with E-state index in [1.165, 1.54) is 18.2 Å². The van der Waals surface area contributed by atoms with E-state index >= 15 is 0 Å². The Bertz CT molecular complexity index is 669. The average Bonchev–Trinajstić information content (AvgIpc) is 2.25. The second-order valence-corrected chi connectivity index (χ2v) is 6.79. The van der Waals surface area contributed by atoms with Gasteiger partial charge in [-0.2, -0.15) is 0 Å². The van der Waals surface area contributed by atoms with Gasteiger partial charge < -0.3 is 10.1 Å². The number of alkyl halides is 3. The van der Waals surface area contributed by atoms with Crippen LogP contribution in [0.1, 0.15) is 0 Å². The molecule has 1 aromatic carbocycles. The van der Waals surface area contributed by atoms with Crippen molar-refractivity contribution >= 4 is 21.6 Å². The lowest BCUT2D eigenvalue weighted by Crippen LogP contribution is -2.53. The zero-order chi connectivity index (χ0) is 16.5. The molecule has 0 aromatic heterocycles. The standard InChI is InChI=1S/C12H13F3N2O4S/c1-22(19,20)17-6-8(7-17)11(18)16-9-4-2-3-5-10(9)21-12(13,14)15/h2-5,8H,6-7H2,1H3,(H,16,18). The van der Waals surface area contributed by atoms with E-state index in [4.69, 9.17) is 0 Å². The quantitative estimate of drug-likeness (QED) is 0.901. The van der Waals surface area contributed by atoms with Crippen LogP contribution in [0.15, 0.2) is 24.3 Å². The number of halogens is 3. The number of sulfonamides is 1. The topological polar surface area (TPSA) is 75.7 Å². The fourth-order valence-corrected chi connectivity index (χ4v) is 2.79. The summed E-state index contributed by atoms with van der Waals surface area (Å²) >= 11 is 0. The van der Waals surface area contributed by atoms with Gasteiger partial charge in [0.25, 0.3) is 0 Å². The summed E-state index contributed by atoms with van der Waals surface area (Å²) in [6.07, 6.45) is -3.85. The molecule has 1 N–H and O–H groups in total. The average molecular weight is 338 g/mol. The Balaban J connectivity index is 2.02. The van der Waals surface area contributed by atoms with Gasteiger partial charge >= 0.3 is 6.36 Å². The molecule has 0 saturated carbocycles. The second kappa shape index (κ2) is 5.76. The Kier molecular flexibility index (Phi) is 4.34. The monoisotopic (exact) mass is 338 g/mol. The van der Waals surface area contributed by atoms with Crippen LogP contribution < -0.4 is 10.1 Å². The van der Waals surface area contributed by atoms with E-state index in [-0.39, 0.29) is 18.8 Å². The van der Waals surface area contributed by atoms with Crippen molar-refractivity contribution in [3.8, 4) is 5.75 Å². The molecule has 1 aliphatic heterocycles. The molecule has 10 heteroatoms. The van der Waals surface area contributed by atoms with Crippen LogP contribution in [0.5, 0.6) is 5.75 Å². The van der Waals surface area contributed by atoms with E-state index < -0.39 is 34.0 Å². The first kappa shape index (κ1) is 16.6. The predicted octanol–water partition coefficient (Wildman–Crippen LogP) is 1.42. The summed E-state index contributed by atoms with van der Waals surface area (Å²) in [5.41, 5.74) is -0.123. The van der Waals surface area contributed by atoms with Gasteiger partial charge in [-0.3, -0.25) is 4.79 Å². The minimum atomic E-state index is -4.87. The summed E-state index contributed by atoms with van der Waals surface area (Å²) in [4.78, 5) is 11.9. The highest BCUT2D eigenvalue weighted by atomic mass is 32.2. The van der Waals surface area contributed by atoms with Gasteiger partial charge in [-0.15, -0.1) is 13.2 Å². The maximum absolute atomic E-state index is 12.3. The first-order valence-electron chi connectivity index (χ1n) is 6.17. The molecule has 1 amide bonds. The number of hydrogen-bond acceptors (Lipinski definition) is 4. The van der Waals surface area contributed by atoms with Crippen LogP contribution in [0.25, 0.3) is 0 Å². The van der Waals surface area contributed by atoms with Gasteiger partial charge in [0.05, 0.1) is 17.9 Å². The van der Waals surface area contributed by atoms with Crippen molar-refractivity contribution in [2.24, 2.45) is 5.92 Å². The van der Waals surface area contributed by atoms with Crippen molar-refractivity contribution in [2.75, 3.05) is 24.7 Å². The van der Waals surface area contributed by atoms with Crippen LogP contribution >= 0.6 is 0 Å². The molecular weight excluding hydrogens is 325 g/mol. The third-order valence-electron chi connectivity index (χ3n) is 3.06. The summed E-state index contributed by atoms with van der Waals surface area (Å²) in [6.45, 7) is 0.0138. The van der Waals surface area contributed by atoms with Crippen LogP contribution in [-0.4, -0.2) is 44.3 Å². The fraction of sp³-hybridized carbons (Fsp3) is 0.417. The third-order valence-corrected chi connectivity index (χ3v) is 4.29. The molecule has 22 heavy (non-hydrogen) atoms. The lowest BCUT2D eigenvalue weighted by atomic mass is 10.0. The lowest BCUT2D eigenvalue weighted by molar-refractivity contribution is -0.274. The Hall–Kier alpha value is -1.81. The van der Waals surface area contributed by atoms with E-state index in [2.05, 4.69) is 10.1 Å². The Morgan fingerprint density at radius 1 is 1.32 bits per heavy atom. The van der Waals surface area contributed by atoms with Crippen molar-refractivity contribution in [3.63, 3.8) is 0 Å². The zero-order valence-corrected chi connectivity index (χ0v) is 12.2. The molecule has 122 valence electrons. The number of rotatable bonds is 4. The highest BCUT2D eigenvalue weighted by molar-refractivity contribution is 7.88. The molecule has 0 radical (unpaired) electrons. The smallest absolute Gasteiger partial charge is 0.404 e. The number of ether oxygens (including phenoxy) is 1. The molecule has 1 heterocycles. The van der Waals surface area contributed by atoms with Crippen LogP contribution in [-0.2, 0) is 14.8 Å². The summed E-state index contributed by atoms with van der Waals surface area (Å²) in [5.74, 6) is -1.69. The van der Waals surface area contributed by atoms with E-state index in [0.29, 0.717) is 0 Å². The molecule has 1 saturated heterocycles. The molecule has 0 unspecified atom stereocenters. The number of anilines is 1. The number of para-hydroxylation sites is 2. The number of carbonyl (C=O) groups excluding carboxylic acids is 1. The minimum absolute atomic E-state index is 0.00691. The van der Waals surface area contributed by atoms with Gasteiger partial charge in [-0.05, 0) is 12.1 Å². The van der Waals surface area contributed by atoms with Gasteiger partial charge in [0.15, 0.2) is 5.75 Å². The summed E-state index contributed by atoms with van der Waals surface area (Å²) < 4.78 is 64.1. The largest absolute Gasteiger partial charge is 0.573 e. The van der Waals surface area contributed by atoms with Crippen molar-refractivity contribution in [3.05, 3.63) is 24.3 Å². The first-order chi connectivity index (χ1) is 10.1. The number of hydrogen-bond donors (Lipinski definition) is 1. The molecular formula is C12H13F3N2O4S. The van der Waals surface area contributed by atoms with Crippen molar-refractivity contribution in [2.45, 2.75) is 6.36 Å². The molecule has 0 spiro atoms. The Morgan fingerprint density at radius 2 is 1.91 bits per heavy atom. The summed E-state index contributed by atoms with van der Waals surface area (Å²) in [7, 11) is -3.36. The Labute approximate surface area is 124 Å². The third kappa shape index (κ3) is 4.10. The summed E-state index contributed by atoms with van der Waals surface area (Å²) in [5, 5.41) is 2.32. The van der Waals surface area contributed by atoms with Crippen LogP contribution in [0.3, 0.4) is 0 Å². The predicted molar refractivity (Wildman–Crippen MR) is 71.7 cm³/mol. The highest BCUT2D eigenvalue weighted by Crippen LogP contribution is 2.31. The van der Waals surface area contributed by atoms with E-state index in [9.17, 15) is 26.4 Å². The summed E-state index contributed by atoms with van der Waals surface area (Å²) in [6, 6.07) is 5.13. The maximum Gasteiger partial charge on any atom is 0.573 e. The van der Waals surface area contributed by atoms with Crippen molar-refractivity contribution in [1.29, 1.82) is 0 Å². The van der Waals surface area contributed by atoms with Gasteiger partial charge in [0, 0.05) is 13.1 Å². The normalized spacial score (nSPS) is 16.9. The molecule has 1 aromatic rings. The van der Waals surface area contributed by atoms with Crippen LogP contribution in [0.4, 0.5) is 18.9 Å². The van der Waals surface area contributed by atoms with Crippen molar-refractivity contribution < 1.29 is 31.1 Å². The zero-order valence-electron chi connectivity index (χ0n) is 11.4. The molecule has 0 bridgehead atoms. The van der Waals surface area contributed by atoms with Crippen LogP contribution in [0.2, 0.25) is 0 Å². The number of nitrogens with one attached hydrogen (secondary N) is 1. The molecule has 6 nitrogen and oxygen atoms in total. The maximum atomic E-state index is 12.3. The second-order valence-electron chi connectivity index (χ2n) is 4.81. The molecule has 0 atom stereocenters. The van der Waals surface area contributed by atoms with E-state index in [1.54, 1.807) is 0 Å². The minimum Gasteiger partial charge on any atom is -0.404 e. The van der Waals surface area contributed by atoms with Gasteiger partial charge in [0.2, 0.25) is 15.9 Å². The van der Waals surface area contributed by atoms with Crippen LogP contribution in [0, 0.1) is 5.92 Å². The first-order valence-corrected chi connectivity index (χ1v) is 8.02. The molecule has 0 aliphatic carbocycles. The number of benzene rings is 1. The fourth-order valence-electron chi connectivity index (χ4n) is 1.89. The van der Waals surface area contributed by atoms with E-state index in [1.807, 2.05) is 0 Å². The number of carbonyl (C=O) groups is 1. The lowest BCUT2D eigenvalue weighted by Gasteiger charge is -2.36. The Morgan fingerprint density at radius 3 is 2.45 bits per heavy atom. The highest BCUT2D eigenvalue weighted by Gasteiger charge is 2.38. The van der Waals surface area contributed by atoms with Gasteiger partial charge in [-0.25, -0.2) is 12.7 Å².